The van der Waals surface area contributed by atoms with E-state index in [1.807, 2.05) is 20.8 Å². The van der Waals surface area contributed by atoms with Gasteiger partial charge in [-0.2, -0.15) is 4.21 Å². The molecule has 5 atom stereocenters. The highest BCUT2D eigenvalue weighted by molar-refractivity contribution is 7.74. The van der Waals surface area contributed by atoms with Gasteiger partial charge in [-0.15, -0.1) is 0 Å². The van der Waals surface area contributed by atoms with E-state index < -0.39 is 29.0 Å². The van der Waals surface area contributed by atoms with Crippen molar-refractivity contribution in [3.8, 4) is 0 Å². The number of carbonyl (C=O) groups excluding carboxylic acids is 2. The molecular formula is C17H29NO6S. The van der Waals surface area contributed by atoms with Gasteiger partial charge in [0, 0.05) is 18.4 Å². The van der Waals surface area contributed by atoms with E-state index in [9.17, 15) is 13.8 Å². The number of rotatable bonds is 9. The molecule has 5 unspecified atom stereocenters. The Kier molecular flexibility index (Phi) is 6.99. The smallest absolute Gasteiger partial charge is 0.306 e. The number of carbonyl (C=O) groups is 2. The highest BCUT2D eigenvalue weighted by Gasteiger charge is 2.51. The van der Waals surface area contributed by atoms with Crippen LogP contribution < -0.4 is 5.32 Å². The zero-order valence-electron chi connectivity index (χ0n) is 15.2. The minimum Gasteiger partial charge on any atom is -0.459 e. The molecule has 0 aromatic heterocycles. The van der Waals surface area contributed by atoms with Gasteiger partial charge < -0.3 is 10.1 Å². The highest BCUT2D eigenvalue weighted by Crippen LogP contribution is 2.47. The van der Waals surface area contributed by atoms with Crippen LogP contribution in [0.4, 0.5) is 0 Å². The number of hydrogen-bond donors (Lipinski definition) is 2. The quantitative estimate of drug-likeness (QED) is 0.364. The van der Waals surface area contributed by atoms with Crippen molar-refractivity contribution in [2.75, 3.05) is 6.54 Å². The van der Waals surface area contributed by atoms with Crippen molar-refractivity contribution in [2.24, 2.45) is 17.3 Å². The van der Waals surface area contributed by atoms with Gasteiger partial charge >= 0.3 is 17.3 Å². The van der Waals surface area contributed by atoms with Crippen LogP contribution in [0.3, 0.4) is 0 Å². The summed E-state index contributed by atoms with van der Waals surface area (Å²) in [6.45, 7) is 6.16. The highest BCUT2D eigenvalue weighted by atomic mass is 32.2. The molecule has 2 rings (SSSR count). The monoisotopic (exact) mass is 375 g/mol. The Morgan fingerprint density at radius 1 is 1.24 bits per heavy atom. The summed E-state index contributed by atoms with van der Waals surface area (Å²) in [5, 5.41) is 2.84. The lowest BCUT2D eigenvalue weighted by molar-refractivity contribution is -0.157. The first-order chi connectivity index (χ1) is 11.7. The summed E-state index contributed by atoms with van der Waals surface area (Å²) in [4.78, 5) is 24.0. The lowest BCUT2D eigenvalue weighted by atomic mass is 9.89. The molecule has 2 saturated carbocycles. The molecule has 2 aliphatic carbocycles. The van der Waals surface area contributed by atoms with E-state index in [-0.39, 0.29) is 30.1 Å². The third kappa shape index (κ3) is 5.24. The Hall–Kier alpha value is -0.990. The van der Waals surface area contributed by atoms with Crippen LogP contribution in [-0.4, -0.2) is 39.4 Å². The molecule has 0 saturated heterocycles. The van der Waals surface area contributed by atoms with Crippen LogP contribution in [0.25, 0.3) is 0 Å². The van der Waals surface area contributed by atoms with Gasteiger partial charge in [-0.3, -0.25) is 18.3 Å². The predicted molar refractivity (Wildman–Crippen MR) is 92.7 cm³/mol. The second-order valence-corrected chi connectivity index (χ2v) is 8.29. The van der Waals surface area contributed by atoms with Crippen molar-refractivity contribution in [3.63, 3.8) is 0 Å². The first kappa shape index (κ1) is 20.3. The Balaban J connectivity index is 1.73. The average molecular weight is 375 g/mol. The van der Waals surface area contributed by atoms with Crippen LogP contribution in [0.1, 0.15) is 59.3 Å². The molecular weight excluding hydrogens is 346 g/mol. The second-order valence-electron chi connectivity index (χ2n) is 7.66. The van der Waals surface area contributed by atoms with Gasteiger partial charge in [-0.25, -0.2) is 0 Å². The molecule has 2 bridgehead atoms. The van der Waals surface area contributed by atoms with E-state index in [1.165, 1.54) is 0 Å². The van der Waals surface area contributed by atoms with Gasteiger partial charge in [-0.05, 0) is 43.9 Å². The lowest BCUT2D eigenvalue weighted by Crippen LogP contribution is -2.39. The molecule has 144 valence electrons. The second kappa shape index (κ2) is 8.60. The number of nitrogens with one attached hydrogen (secondary N) is 1. The first-order valence-electron chi connectivity index (χ1n) is 9.00. The van der Waals surface area contributed by atoms with Gasteiger partial charge in [-0.1, -0.05) is 20.8 Å². The molecule has 0 radical (unpaired) electrons. The lowest BCUT2D eigenvalue weighted by Gasteiger charge is -2.29. The van der Waals surface area contributed by atoms with Gasteiger partial charge in [0.05, 0.1) is 0 Å². The van der Waals surface area contributed by atoms with Gasteiger partial charge in [0.2, 0.25) is 5.91 Å². The van der Waals surface area contributed by atoms with E-state index in [0.717, 1.165) is 25.7 Å². The molecule has 0 aromatic rings. The summed E-state index contributed by atoms with van der Waals surface area (Å²) in [5.74, 6) is 0.0382. The standard InChI is InChI=1S/C17H29NO6S/c1-4-17(2,3)16(20)18-9-5-6-13(19)23-14-11-7-8-12(10-11)15(14)24-25(21)22/h11-12,14-15H,4-10H2,1-3H3,(H,18,20)(H,21,22). The normalized spacial score (nSPS) is 29.4. The fourth-order valence-electron chi connectivity index (χ4n) is 3.62. The predicted octanol–water partition coefficient (Wildman–Crippen LogP) is 2.18. The molecule has 7 nitrogen and oxygen atoms in total. The fraction of sp³-hybridized carbons (Fsp3) is 0.882. The zero-order chi connectivity index (χ0) is 18.6. The molecule has 0 spiro atoms. The molecule has 0 heterocycles. The molecule has 1 amide bonds. The maximum atomic E-state index is 12.1. The minimum absolute atomic E-state index is 0.0182. The van der Waals surface area contributed by atoms with Crippen molar-refractivity contribution in [1.82, 2.24) is 5.32 Å². The summed E-state index contributed by atoms with van der Waals surface area (Å²) >= 11 is -2.35. The van der Waals surface area contributed by atoms with Crippen molar-refractivity contribution < 1.29 is 27.3 Å². The number of esters is 1. The summed E-state index contributed by atoms with van der Waals surface area (Å²) in [7, 11) is 0. The third-order valence-electron chi connectivity index (χ3n) is 5.57. The molecule has 2 aliphatic rings. The van der Waals surface area contributed by atoms with E-state index in [2.05, 4.69) is 5.32 Å². The van der Waals surface area contributed by atoms with Gasteiger partial charge in [0.15, 0.2) is 0 Å². The zero-order valence-corrected chi connectivity index (χ0v) is 16.0. The molecule has 0 aromatic carbocycles. The molecule has 2 fully saturated rings. The number of ether oxygens (including phenoxy) is 1. The van der Waals surface area contributed by atoms with E-state index in [0.29, 0.717) is 13.0 Å². The van der Waals surface area contributed by atoms with Crippen molar-refractivity contribution >= 4 is 23.2 Å². The summed E-state index contributed by atoms with van der Waals surface area (Å²) in [6, 6.07) is 0. The topological polar surface area (TPSA) is 102 Å². The summed E-state index contributed by atoms with van der Waals surface area (Å²) < 4.78 is 30.5. The fourth-order valence-corrected chi connectivity index (χ4v) is 4.08. The first-order valence-corrected chi connectivity index (χ1v) is 10.0. The van der Waals surface area contributed by atoms with E-state index in [4.69, 9.17) is 13.5 Å². The number of hydrogen-bond acceptors (Lipinski definition) is 5. The molecule has 2 N–H and O–H groups in total. The van der Waals surface area contributed by atoms with Gasteiger partial charge in [0.25, 0.3) is 0 Å². The van der Waals surface area contributed by atoms with E-state index >= 15 is 0 Å². The van der Waals surface area contributed by atoms with Crippen LogP contribution in [0.5, 0.6) is 0 Å². The van der Waals surface area contributed by atoms with Crippen LogP contribution in [0.2, 0.25) is 0 Å². The Morgan fingerprint density at radius 3 is 2.48 bits per heavy atom. The summed E-state index contributed by atoms with van der Waals surface area (Å²) in [6.07, 6.45) is 3.32. The summed E-state index contributed by atoms with van der Waals surface area (Å²) in [5.41, 5.74) is -0.409. The van der Waals surface area contributed by atoms with Crippen molar-refractivity contribution in [3.05, 3.63) is 0 Å². The molecule has 0 aliphatic heterocycles. The van der Waals surface area contributed by atoms with Gasteiger partial charge in [0.1, 0.15) is 12.2 Å². The van der Waals surface area contributed by atoms with Crippen molar-refractivity contribution in [2.45, 2.75) is 71.5 Å². The number of fused-ring (bicyclic) bond motifs is 2. The molecule has 8 heteroatoms. The van der Waals surface area contributed by atoms with Crippen molar-refractivity contribution in [1.29, 1.82) is 0 Å². The minimum atomic E-state index is -2.35. The van der Waals surface area contributed by atoms with E-state index in [1.54, 1.807) is 0 Å². The Labute approximate surface area is 151 Å². The van der Waals surface area contributed by atoms with Crippen LogP contribution in [0, 0.1) is 17.3 Å². The van der Waals surface area contributed by atoms with Crippen LogP contribution in [-0.2, 0) is 29.9 Å². The van der Waals surface area contributed by atoms with Crippen LogP contribution >= 0.6 is 0 Å². The largest absolute Gasteiger partial charge is 0.459 e. The van der Waals surface area contributed by atoms with Crippen LogP contribution in [0.15, 0.2) is 0 Å². The third-order valence-corrected chi connectivity index (χ3v) is 5.96. The average Bonchev–Trinajstić information content (AvgIpc) is 3.13. The number of amides is 1. The Morgan fingerprint density at radius 2 is 1.88 bits per heavy atom. The molecule has 25 heavy (non-hydrogen) atoms. The maximum Gasteiger partial charge on any atom is 0.306 e. The SMILES string of the molecule is CCC(C)(C)C(=O)NCCCC(=O)OC1C2CCC(C2)C1OS(=O)O. The maximum absolute atomic E-state index is 12.1. The Bertz CT molecular complexity index is 523.